The van der Waals surface area contributed by atoms with Gasteiger partial charge in [-0.05, 0) is 48.9 Å². The fraction of sp³-hybridized carbons (Fsp3) is 0.647. The van der Waals surface area contributed by atoms with Crippen LogP contribution in [0.3, 0.4) is 0 Å². The third-order valence-electron chi connectivity index (χ3n) is 4.63. The zero-order chi connectivity index (χ0) is 14.5. The minimum absolute atomic E-state index is 0.787. The molecule has 1 heterocycles. The molecule has 0 spiro atoms. The van der Waals surface area contributed by atoms with Crippen molar-refractivity contribution >= 4 is 15.9 Å². The molecular weight excluding hydrogens is 328 g/mol. The number of hydrogen-bond donors (Lipinski definition) is 1. The van der Waals surface area contributed by atoms with Gasteiger partial charge in [0.1, 0.15) is 5.75 Å². The number of nitrogens with zero attached hydrogens (tertiary/aromatic N) is 1. The number of rotatable bonds is 6. The first-order chi connectivity index (χ1) is 10.3. The molecule has 116 valence electrons. The van der Waals surface area contributed by atoms with Crippen molar-refractivity contribution in [2.75, 3.05) is 39.3 Å². The maximum atomic E-state index is 6.08. The van der Waals surface area contributed by atoms with Gasteiger partial charge in [-0.3, -0.25) is 0 Å². The molecule has 0 radical (unpaired) electrons. The Hall–Kier alpha value is -0.580. The zero-order valence-electron chi connectivity index (χ0n) is 12.6. The maximum Gasteiger partial charge on any atom is 0.122 e. The molecule has 0 atom stereocenters. The standard InChI is InChI=1S/C17H25BrN2O/c18-16-4-5-17(21-13-14-2-1-3-14)15(12-16)6-9-20-10-7-19-8-11-20/h4-5,12,14,19H,1-3,6-11,13H2. The van der Waals surface area contributed by atoms with Crippen molar-refractivity contribution in [2.24, 2.45) is 5.92 Å². The van der Waals surface area contributed by atoms with Crippen molar-refractivity contribution < 1.29 is 4.74 Å². The Bertz CT molecular complexity index is 456. The van der Waals surface area contributed by atoms with E-state index in [0.29, 0.717) is 0 Å². The second-order valence-corrected chi connectivity index (χ2v) is 7.12. The van der Waals surface area contributed by atoms with Crippen LogP contribution in [0, 0.1) is 5.92 Å². The van der Waals surface area contributed by atoms with Crippen LogP contribution in [0.5, 0.6) is 5.75 Å². The molecule has 2 aliphatic rings. The predicted molar refractivity (Wildman–Crippen MR) is 90.0 cm³/mol. The lowest BCUT2D eigenvalue weighted by molar-refractivity contribution is 0.178. The number of ether oxygens (including phenoxy) is 1. The number of benzene rings is 1. The van der Waals surface area contributed by atoms with E-state index in [4.69, 9.17) is 4.74 Å². The van der Waals surface area contributed by atoms with E-state index in [0.717, 1.165) is 61.9 Å². The van der Waals surface area contributed by atoms with Crippen LogP contribution in [0.4, 0.5) is 0 Å². The first-order valence-electron chi connectivity index (χ1n) is 8.15. The molecule has 1 saturated carbocycles. The van der Waals surface area contributed by atoms with Gasteiger partial charge in [0.25, 0.3) is 0 Å². The lowest BCUT2D eigenvalue weighted by Crippen LogP contribution is -2.44. The molecule has 1 aliphatic carbocycles. The van der Waals surface area contributed by atoms with Crippen LogP contribution >= 0.6 is 15.9 Å². The van der Waals surface area contributed by atoms with Crippen LogP contribution in [-0.4, -0.2) is 44.2 Å². The Morgan fingerprint density at radius 2 is 2.05 bits per heavy atom. The van der Waals surface area contributed by atoms with Gasteiger partial charge >= 0.3 is 0 Å². The van der Waals surface area contributed by atoms with Gasteiger partial charge in [0.2, 0.25) is 0 Å². The van der Waals surface area contributed by atoms with E-state index in [1.165, 1.54) is 24.8 Å². The highest BCUT2D eigenvalue weighted by Crippen LogP contribution is 2.29. The first-order valence-corrected chi connectivity index (χ1v) is 8.95. The van der Waals surface area contributed by atoms with Gasteiger partial charge in [-0.1, -0.05) is 22.4 Å². The van der Waals surface area contributed by atoms with Crippen LogP contribution < -0.4 is 10.1 Å². The average molecular weight is 353 g/mol. The number of halogens is 1. The molecule has 2 fully saturated rings. The van der Waals surface area contributed by atoms with Crippen molar-refractivity contribution in [1.82, 2.24) is 10.2 Å². The van der Waals surface area contributed by atoms with Gasteiger partial charge in [-0.25, -0.2) is 0 Å². The van der Waals surface area contributed by atoms with E-state index < -0.39 is 0 Å². The molecule has 0 aromatic heterocycles. The summed E-state index contributed by atoms with van der Waals surface area (Å²) < 4.78 is 7.23. The predicted octanol–water partition coefficient (Wildman–Crippen LogP) is 3.08. The van der Waals surface area contributed by atoms with Crippen molar-refractivity contribution in [3.63, 3.8) is 0 Å². The van der Waals surface area contributed by atoms with Crippen molar-refractivity contribution in [3.8, 4) is 5.75 Å². The third kappa shape index (κ3) is 4.44. The molecule has 1 aromatic carbocycles. The highest BCUT2D eigenvalue weighted by Gasteiger charge is 2.19. The molecule has 0 bridgehead atoms. The van der Waals surface area contributed by atoms with Crippen LogP contribution in [-0.2, 0) is 6.42 Å². The Labute approximate surface area is 136 Å². The summed E-state index contributed by atoms with van der Waals surface area (Å²) in [5.74, 6) is 1.87. The summed E-state index contributed by atoms with van der Waals surface area (Å²) in [6.07, 6.45) is 5.13. The molecular formula is C17H25BrN2O. The molecule has 0 unspecified atom stereocenters. The van der Waals surface area contributed by atoms with Crippen LogP contribution in [0.15, 0.2) is 22.7 Å². The smallest absolute Gasteiger partial charge is 0.122 e. The van der Waals surface area contributed by atoms with Gasteiger partial charge in [-0.15, -0.1) is 0 Å². The maximum absolute atomic E-state index is 6.08. The van der Waals surface area contributed by atoms with E-state index in [9.17, 15) is 0 Å². The molecule has 1 saturated heterocycles. The average Bonchev–Trinajstić information content (AvgIpc) is 2.46. The van der Waals surface area contributed by atoms with E-state index in [-0.39, 0.29) is 0 Å². The summed E-state index contributed by atoms with van der Waals surface area (Å²) in [4.78, 5) is 2.53. The summed E-state index contributed by atoms with van der Waals surface area (Å²) in [6, 6.07) is 6.43. The Morgan fingerprint density at radius 3 is 2.76 bits per heavy atom. The second-order valence-electron chi connectivity index (χ2n) is 6.20. The minimum Gasteiger partial charge on any atom is -0.493 e. The lowest BCUT2D eigenvalue weighted by Gasteiger charge is -2.28. The fourth-order valence-electron chi connectivity index (χ4n) is 2.96. The number of nitrogens with one attached hydrogen (secondary N) is 1. The van der Waals surface area contributed by atoms with Gasteiger partial charge in [0.15, 0.2) is 0 Å². The minimum atomic E-state index is 0.787. The summed E-state index contributed by atoms with van der Waals surface area (Å²) in [5.41, 5.74) is 1.34. The van der Waals surface area contributed by atoms with E-state index in [2.05, 4.69) is 44.3 Å². The van der Waals surface area contributed by atoms with Crippen molar-refractivity contribution in [3.05, 3.63) is 28.2 Å². The van der Waals surface area contributed by atoms with Gasteiger partial charge in [0, 0.05) is 37.2 Å². The zero-order valence-corrected chi connectivity index (χ0v) is 14.2. The molecule has 3 rings (SSSR count). The van der Waals surface area contributed by atoms with E-state index in [1.807, 2.05) is 0 Å². The fourth-order valence-corrected chi connectivity index (χ4v) is 3.37. The third-order valence-corrected chi connectivity index (χ3v) is 5.12. The number of piperazine rings is 1. The summed E-state index contributed by atoms with van der Waals surface area (Å²) in [5, 5.41) is 3.41. The Balaban J connectivity index is 1.56. The molecule has 21 heavy (non-hydrogen) atoms. The monoisotopic (exact) mass is 352 g/mol. The highest BCUT2D eigenvalue weighted by molar-refractivity contribution is 9.10. The largest absolute Gasteiger partial charge is 0.493 e. The van der Waals surface area contributed by atoms with Crippen LogP contribution in [0.25, 0.3) is 0 Å². The SMILES string of the molecule is Brc1ccc(OCC2CCC2)c(CCN2CCNCC2)c1. The molecule has 3 nitrogen and oxygen atoms in total. The highest BCUT2D eigenvalue weighted by atomic mass is 79.9. The molecule has 1 N–H and O–H groups in total. The van der Waals surface area contributed by atoms with Gasteiger partial charge in [-0.2, -0.15) is 0 Å². The van der Waals surface area contributed by atoms with Gasteiger partial charge < -0.3 is 15.0 Å². The summed E-state index contributed by atoms with van der Waals surface area (Å²) in [6.45, 7) is 6.56. The summed E-state index contributed by atoms with van der Waals surface area (Å²) in [7, 11) is 0. The molecule has 1 aliphatic heterocycles. The molecule has 0 amide bonds. The van der Waals surface area contributed by atoms with Crippen molar-refractivity contribution in [2.45, 2.75) is 25.7 Å². The molecule has 4 heteroatoms. The quantitative estimate of drug-likeness (QED) is 0.851. The van der Waals surface area contributed by atoms with Crippen LogP contribution in [0.1, 0.15) is 24.8 Å². The lowest BCUT2D eigenvalue weighted by atomic mass is 9.86. The Morgan fingerprint density at radius 1 is 1.24 bits per heavy atom. The first kappa shape index (κ1) is 15.3. The van der Waals surface area contributed by atoms with E-state index >= 15 is 0 Å². The van der Waals surface area contributed by atoms with E-state index in [1.54, 1.807) is 0 Å². The summed E-state index contributed by atoms with van der Waals surface area (Å²) >= 11 is 3.59. The Kier molecular flexibility index (Phi) is 5.55. The number of hydrogen-bond acceptors (Lipinski definition) is 3. The normalized spacial score (nSPS) is 20.2. The van der Waals surface area contributed by atoms with Gasteiger partial charge in [0.05, 0.1) is 6.61 Å². The molecule has 1 aromatic rings. The van der Waals surface area contributed by atoms with Crippen molar-refractivity contribution in [1.29, 1.82) is 0 Å². The van der Waals surface area contributed by atoms with Crippen LogP contribution in [0.2, 0.25) is 0 Å². The second kappa shape index (κ2) is 7.61. The topological polar surface area (TPSA) is 24.5 Å².